The second-order valence-electron chi connectivity index (χ2n) is 3.86. The van der Waals surface area contributed by atoms with Gasteiger partial charge in [0.05, 0.1) is 19.8 Å². The van der Waals surface area contributed by atoms with E-state index in [1.54, 1.807) is 7.11 Å². The zero-order chi connectivity index (χ0) is 12.3. The van der Waals surface area contributed by atoms with Crippen LogP contribution in [0.5, 0.6) is 0 Å². The van der Waals surface area contributed by atoms with Crippen molar-refractivity contribution in [3.8, 4) is 0 Å². The Morgan fingerprint density at radius 1 is 1.18 bits per heavy atom. The summed E-state index contributed by atoms with van der Waals surface area (Å²) in [5, 5.41) is 3.33. The first kappa shape index (κ1) is 14.2. The summed E-state index contributed by atoms with van der Waals surface area (Å²) in [5.41, 5.74) is 0. The normalized spacial score (nSPS) is 10.9. The van der Waals surface area contributed by atoms with Crippen LogP contribution in [0.3, 0.4) is 0 Å². The Morgan fingerprint density at radius 3 is 2.71 bits per heavy atom. The lowest BCUT2D eigenvalue weighted by molar-refractivity contribution is 0.0694. The lowest BCUT2D eigenvalue weighted by atomic mass is 10.3. The molecule has 0 aliphatic carbocycles. The first-order chi connectivity index (χ1) is 8.36. The van der Waals surface area contributed by atoms with Crippen molar-refractivity contribution >= 4 is 0 Å². The summed E-state index contributed by atoms with van der Waals surface area (Å²) in [4.78, 5) is 0. The molecule has 17 heavy (non-hydrogen) atoms. The minimum atomic E-state index is 0.666. The molecule has 1 heterocycles. The Hall–Kier alpha value is -0.840. The number of hydrogen-bond donors (Lipinski definition) is 1. The lowest BCUT2D eigenvalue weighted by Crippen LogP contribution is -2.16. The van der Waals surface area contributed by atoms with Crippen LogP contribution in [-0.4, -0.2) is 33.5 Å². The van der Waals surface area contributed by atoms with Crippen molar-refractivity contribution in [1.82, 2.24) is 5.32 Å². The topological polar surface area (TPSA) is 43.6 Å². The molecule has 0 spiro atoms. The molecule has 4 heteroatoms. The van der Waals surface area contributed by atoms with Crippen LogP contribution in [0, 0.1) is 0 Å². The Kier molecular flexibility index (Phi) is 7.71. The predicted octanol–water partition coefficient (Wildman–Crippen LogP) is 1.98. The number of methoxy groups -OCH3 is 1. The van der Waals surface area contributed by atoms with Crippen molar-refractivity contribution in [2.75, 3.05) is 33.5 Å². The van der Waals surface area contributed by atoms with Crippen molar-refractivity contribution < 1.29 is 13.9 Å². The summed E-state index contributed by atoms with van der Waals surface area (Å²) >= 11 is 0. The molecule has 0 unspecified atom stereocenters. The van der Waals surface area contributed by atoms with Gasteiger partial charge in [0, 0.05) is 20.1 Å². The van der Waals surface area contributed by atoms with Gasteiger partial charge in [0.2, 0.25) is 0 Å². The maximum absolute atomic E-state index is 5.58. The van der Waals surface area contributed by atoms with Crippen LogP contribution in [0.2, 0.25) is 0 Å². The molecule has 1 aromatic rings. The molecule has 98 valence electrons. The molecule has 0 aliphatic heterocycles. The van der Waals surface area contributed by atoms with Crippen LogP contribution in [-0.2, 0) is 22.4 Å². The molecular weight excluding hydrogens is 218 g/mol. The molecule has 1 N–H and O–H groups in total. The van der Waals surface area contributed by atoms with E-state index in [9.17, 15) is 0 Å². The van der Waals surface area contributed by atoms with Crippen molar-refractivity contribution in [2.24, 2.45) is 0 Å². The first-order valence-electron chi connectivity index (χ1n) is 6.21. The molecule has 1 aromatic heterocycles. The molecule has 0 aromatic carbocycles. The molecular formula is C13H23NO3. The molecule has 0 saturated carbocycles. The fourth-order valence-corrected chi connectivity index (χ4v) is 1.46. The maximum atomic E-state index is 5.58. The van der Waals surface area contributed by atoms with Gasteiger partial charge in [0.1, 0.15) is 11.5 Å². The monoisotopic (exact) mass is 241 g/mol. The molecule has 0 aliphatic rings. The SMILES string of the molecule is CCc1ccc(CNCCCOCCOC)o1. The van der Waals surface area contributed by atoms with E-state index in [0.29, 0.717) is 13.2 Å². The maximum Gasteiger partial charge on any atom is 0.117 e. The first-order valence-corrected chi connectivity index (χ1v) is 6.21. The standard InChI is InChI=1S/C13H23NO3/c1-3-12-5-6-13(17-12)11-14-7-4-8-16-10-9-15-2/h5-6,14H,3-4,7-11H2,1-2H3. The number of hydrogen-bond acceptors (Lipinski definition) is 4. The number of aryl methyl sites for hydroxylation is 1. The summed E-state index contributed by atoms with van der Waals surface area (Å²) in [6, 6.07) is 4.06. The Labute approximate surface area is 103 Å². The molecule has 0 bridgehead atoms. The summed E-state index contributed by atoms with van der Waals surface area (Å²) in [5.74, 6) is 2.05. The van der Waals surface area contributed by atoms with E-state index in [4.69, 9.17) is 13.9 Å². The summed E-state index contributed by atoms with van der Waals surface area (Å²) < 4.78 is 15.8. The molecule has 0 radical (unpaired) electrons. The molecule has 0 amide bonds. The third-order valence-electron chi connectivity index (χ3n) is 2.44. The fraction of sp³-hybridized carbons (Fsp3) is 0.692. The van der Waals surface area contributed by atoms with Gasteiger partial charge in [-0.2, -0.15) is 0 Å². The van der Waals surface area contributed by atoms with Gasteiger partial charge in [0.25, 0.3) is 0 Å². The van der Waals surface area contributed by atoms with Crippen LogP contribution < -0.4 is 5.32 Å². The number of rotatable bonds is 10. The average molecular weight is 241 g/mol. The zero-order valence-corrected chi connectivity index (χ0v) is 10.8. The van der Waals surface area contributed by atoms with Gasteiger partial charge >= 0.3 is 0 Å². The Bertz CT molecular complexity index is 286. The van der Waals surface area contributed by atoms with Crippen LogP contribution in [0.15, 0.2) is 16.5 Å². The van der Waals surface area contributed by atoms with Gasteiger partial charge in [-0.05, 0) is 25.1 Å². The highest BCUT2D eigenvalue weighted by Crippen LogP contribution is 2.07. The molecule has 0 fully saturated rings. The zero-order valence-electron chi connectivity index (χ0n) is 10.8. The van der Waals surface area contributed by atoms with E-state index in [1.807, 2.05) is 12.1 Å². The van der Waals surface area contributed by atoms with Crippen LogP contribution >= 0.6 is 0 Å². The third-order valence-corrected chi connectivity index (χ3v) is 2.44. The predicted molar refractivity (Wildman–Crippen MR) is 67.1 cm³/mol. The van der Waals surface area contributed by atoms with Gasteiger partial charge in [-0.1, -0.05) is 6.92 Å². The minimum absolute atomic E-state index is 0.666. The molecule has 0 saturated heterocycles. The Balaban J connectivity index is 1.93. The van der Waals surface area contributed by atoms with Gasteiger partial charge in [-0.15, -0.1) is 0 Å². The highest BCUT2D eigenvalue weighted by atomic mass is 16.5. The number of nitrogens with one attached hydrogen (secondary N) is 1. The second-order valence-corrected chi connectivity index (χ2v) is 3.86. The van der Waals surface area contributed by atoms with E-state index >= 15 is 0 Å². The highest BCUT2D eigenvalue weighted by molar-refractivity contribution is 5.06. The van der Waals surface area contributed by atoms with Gasteiger partial charge < -0.3 is 19.2 Å². The van der Waals surface area contributed by atoms with Crippen molar-refractivity contribution in [2.45, 2.75) is 26.3 Å². The van der Waals surface area contributed by atoms with E-state index in [-0.39, 0.29) is 0 Å². The van der Waals surface area contributed by atoms with Crippen molar-refractivity contribution in [3.05, 3.63) is 23.7 Å². The fourth-order valence-electron chi connectivity index (χ4n) is 1.46. The van der Waals surface area contributed by atoms with E-state index in [2.05, 4.69) is 12.2 Å². The van der Waals surface area contributed by atoms with E-state index in [1.165, 1.54) is 0 Å². The van der Waals surface area contributed by atoms with Crippen LogP contribution in [0.1, 0.15) is 24.9 Å². The van der Waals surface area contributed by atoms with Gasteiger partial charge in [0.15, 0.2) is 0 Å². The third kappa shape index (κ3) is 6.46. The molecule has 4 nitrogen and oxygen atoms in total. The molecule has 0 atom stereocenters. The largest absolute Gasteiger partial charge is 0.465 e. The minimum Gasteiger partial charge on any atom is -0.465 e. The smallest absolute Gasteiger partial charge is 0.117 e. The van der Waals surface area contributed by atoms with E-state index in [0.717, 1.165) is 44.1 Å². The Morgan fingerprint density at radius 2 is 2.00 bits per heavy atom. The van der Waals surface area contributed by atoms with Gasteiger partial charge in [-0.3, -0.25) is 0 Å². The molecule has 1 rings (SSSR count). The quantitative estimate of drug-likeness (QED) is 0.636. The van der Waals surface area contributed by atoms with Crippen LogP contribution in [0.25, 0.3) is 0 Å². The summed E-state index contributed by atoms with van der Waals surface area (Å²) in [6.07, 6.45) is 1.96. The summed E-state index contributed by atoms with van der Waals surface area (Å²) in [6.45, 7) is 5.93. The second kappa shape index (κ2) is 9.22. The van der Waals surface area contributed by atoms with Crippen molar-refractivity contribution in [3.63, 3.8) is 0 Å². The van der Waals surface area contributed by atoms with E-state index < -0.39 is 0 Å². The van der Waals surface area contributed by atoms with Crippen molar-refractivity contribution in [1.29, 1.82) is 0 Å². The van der Waals surface area contributed by atoms with Crippen LogP contribution in [0.4, 0.5) is 0 Å². The number of furan rings is 1. The van der Waals surface area contributed by atoms with Gasteiger partial charge in [-0.25, -0.2) is 0 Å². The average Bonchev–Trinajstić information content (AvgIpc) is 2.80. The summed E-state index contributed by atoms with van der Waals surface area (Å²) in [7, 11) is 1.68. The highest BCUT2D eigenvalue weighted by Gasteiger charge is 1.99. The lowest BCUT2D eigenvalue weighted by Gasteiger charge is -2.04. The number of ether oxygens (including phenoxy) is 2.